The van der Waals surface area contributed by atoms with Crippen LogP contribution in [0.3, 0.4) is 0 Å². The third-order valence-electron chi connectivity index (χ3n) is 2.97. The molecule has 2 heteroatoms. The average molecular weight is 169 g/mol. The molecule has 0 unspecified atom stereocenters. The number of hydrogen-bond acceptors (Lipinski definition) is 1. The molecule has 0 aromatic carbocycles. The van der Waals surface area contributed by atoms with Crippen LogP contribution in [0.5, 0.6) is 0 Å². The lowest BCUT2D eigenvalue weighted by molar-refractivity contribution is -0.129. The van der Waals surface area contributed by atoms with Gasteiger partial charge in [-0.05, 0) is 18.3 Å². The number of hydrogen-bond donors (Lipinski definition) is 0. The zero-order valence-electron chi connectivity index (χ0n) is 8.34. The monoisotopic (exact) mass is 169 g/mol. The fraction of sp³-hybridized carbons (Fsp3) is 0.900. The van der Waals surface area contributed by atoms with Crippen molar-refractivity contribution in [2.75, 3.05) is 14.1 Å². The second-order valence-electron chi connectivity index (χ2n) is 4.16. The van der Waals surface area contributed by atoms with Gasteiger partial charge in [0.2, 0.25) is 5.91 Å². The van der Waals surface area contributed by atoms with E-state index in [1.54, 1.807) is 4.90 Å². The molecule has 0 spiro atoms. The quantitative estimate of drug-likeness (QED) is 0.618. The fourth-order valence-electron chi connectivity index (χ4n) is 1.93. The molecular weight excluding hydrogens is 150 g/mol. The van der Waals surface area contributed by atoms with Crippen LogP contribution < -0.4 is 0 Å². The third kappa shape index (κ3) is 2.23. The molecule has 1 rings (SSSR count). The Kier molecular flexibility index (Phi) is 3.12. The van der Waals surface area contributed by atoms with Crippen LogP contribution in [-0.2, 0) is 4.79 Å². The first-order valence-electron chi connectivity index (χ1n) is 4.81. The summed E-state index contributed by atoms with van der Waals surface area (Å²) < 4.78 is 0. The van der Waals surface area contributed by atoms with Crippen molar-refractivity contribution >= 4 is 5.91 Å². The first-order valence-corrected chi connectivity index (χ1v) is 4.81. The molecular formula is C10H19NO. The van der Waals surface area contributed by atoms with Crippen LogP contribution in [0.15, 0.2) is 0 Å². The van der Waals surface area contributed by atoms with Crippen molar-refractivity contribution in [3.63, 3.8) is 0 Å². The summed E-state index contributed by atoms with van der Waals surface area (Å²) >= 11 is 0. The van der Waals surface area contributed by atoms with E-state index in [0.29, 0.717) is 5.92 Å². The van der Waals surface area contributed by atoms with Crippen molar-refractivity contribution < 1.29 is 4.79 Å². The molecule has 2 atom stereocenters. The maximum Gasteiger partial charge on any atom is 0.222 e. The molecule has 0 saturated heterocycles. The van der Waals surface area contributed by atoms with Gasteiger partial charge in [0.15, 0.2) is 0 Å². The van der Waals surface area contributed by atoms with Crippen LogP contribution in [0, 0.1) is 11.8 Å². The zero-order valence-corrected chi connectivity index (χ0v) is 8.34. The van der Waals surface area contributed by atoms with Gasteiger partial charge in [0, 0.05) is 20.5 Å². The third-order valence-corrected chi connectivity index (χ3v) is 2.97. The average Bonchev–Trinajstić information content (AvgIpc) is 2.36. The van der Waals surface area contributed by atoms with E-state index in [0.717, 1.165) is 12.3 Å². The van der Waals surface area contributed by atoms with Crippen molar-refractivity contribution in [3.8, 4) is 0 Å². The standard InChI is InChI=1S/C10H19NO/c1-8-5-4-6-9(8)7-10(12)11(2)3/h8-9H,4-7H2,1-3H3/t8-,9-/m0/s1. The van der Waals surface area contributed by atoms with Gasteiger partial charge in [0.1, 0.15) is 0 Å². The molecule has 1 saturated carbocycles. The molecule has 0 radical (unpaired) electrons. The van der Waals surface area contributed by atoms with Gasteiger partial charge >= 0.3 is 0 Å². The van der Waals surface area contributed by atoms with Gasteiger partial charge in [-0.3, -0.25) is 4.79 Å². The maximum absolute atomic E-state index is 11.4. The SMILES string of the molecule is C[C@H]1CCC[C@H]1CC(=O)N(C)C. The van der Waals surface area contributed by atoms with E-state index in [9.17, 15) is 4.79 Å². The minimum atomic E-state index is 0.286. The zero-order chi connectivity index (χ0) is 9.14. The van der Waals surface area contributed by atoms with Gasteiger partial charge < -0.3 is 4.90 Å². The van der Waals surface area contributed by atoms with Gasteiger partial charge in [0.05, 0.1) is 0 Å². The number of nitrogens with zero attached hydrogens (tertiary/aromatic N) is 1. The van der Waals surface area contributed by atoms with Crippen LogP contribution in [0.4, 0.5) is 0 Å². The summed E-state index contributed by atoms with van der Waals surface area (Å²) in [6.45, 7) is 2.26. The van der Waals surface area contributed by atoms with E-state index >= 15 is 0 Å². The molecule has 0 N–H and O–H groups in total. The molecule has 70 valence electrons. The van der Waals surface area contributed by atoms with Crippen LogP contribution in [0.25, 0.3) is 0 Å². The normalized spacial score (nSPS) is 28.9. The van der Waals surface area contributed by atoms with Crippen LogP contribution in [-0.4, -0.2) is 24.9 Å². The highest BCUT2D eigenvalue weighted by Crippen LogP contribution is 2.33. The van der Waals surface area contributed by atoms with Crippen molar-refractivity contribution in [1.82, 2.24) is 4.90 Å². The predicted molar refractivity (Wildman–Crippen MR) is 49.8 cm³/mol. The summed E-state index contributed by atoms with van der Waals surface area (Å²) in [4.78, 5) is 13.1. The smallest absolute Gasteiger partial charge is 0.222 e. The summed E-state index contributed by atoms with van der Waals surface area (Å²) in [6, 6.07) is 0. The molecule has 0 heterocycles. The summed E-state index contributed by atoms with van der Waals surface area (Å²) in [5.74, 6) is 1.70. The molecule has 0 aromatic heterocycles. The topological polar surface area (TPSA) is 20.3 Å². The lowest BCUT2D eigenvalue weighted by atomic mass is 9.94. The second-order valence-corrected chi connectivity index (χ2v) is 4.16. The summed E-state index contributed by atoms with van der Waals surface area (Å²) in [5, 5.41) is 0. The highest BCUT2D eigenvalue weighted by atomic mass is 16.2. The minimum absolute atomic E-state index is 0.286. The van der Waals surface area contributed by atoms with E-state index < -0.39 is 0 Å². The Hall–Kier alpha value is -0.530. The summed E-state index contributed by atoms with van der Waals surface area (Å²) in [7, 11) is 3.67. The molecule has 2 nitrogen and oxygen atoms in total. The first-order chi connectivity index (χ1) is 5.61. The molecule has 0 aliphatic heterocycles. The Bertz CT molecular complexity index is 165. The summed E-state index contributed by atoms with van der Waals surface area (Å²) in [6.07, 6.45) is 4.63. The second kappa shape index (κ2) is 3.92. The highest BCUT2D eigenvalue weighted by Gasteiger charge is 2.25. The van der Waals surface area contributed by atoms with Crippen molar-refractivity contribution in [3.05, 3.63) is 0 Å². The van der Waals surface area contributed by atoms with Gasteiger partial charge in [-0.25, -0.2) is 0 Å². The highest BCUT2D eigenvalue weighted by molar-refractivity contribution is 5.75. The molecule has 12 heavy (non-hydrogen) atoms. The van der Waals surface area contributed by atoms with Crippen molar-refractivity contribution in [2.45, 2.75) is 32.6 Å². The molecule has 1 aliphatic rings. The Morgan fingerprint density at radius 3 is 2.50 bits per heavy atom. The largest absolute Gasteiger partial charge is 0.349 e. The molecule has 0 aromatic rings. The first kappa shape index (κ1) is 9.56. The molecule has 0 bridgehead atoms. The van der Waals surface area contributed by atoms with Crippen LogP contribution in [0.1, 0.15) is 32.6 Å². The van der Waals surface area contributed by atoms with Gasteiger partial charge in [-0.2, -0.15) is 0 Å². The lowest BCUT2D eigenvalue weighted by Gasteiger charge is -2.17. The Labute approximate surface area is 74.9 Å². The molecule has 1 amide bonds. The Morgan fingerprint density at radius 1 is 1.42 bits per heavy atom. The number of carbonyl (C=O) groups excluding carboxylic acids is 1. The number of amides is 1. The van der Waals surface area contributed by atoms with E-state index in [1.807, 2.05) is 14.1 Å². The van der Waals surface area contributed by atoms with E-state index in [4.69, 9.17) is 0 Å². The van der Waals surface area contributed by atoms with E-state index in [-0.39, 0.29) is 5.91 Å². The fourth-order valence-corrected chi connectivity index (χ4v) is 1.93. The van der Waals surface area contributed by atoms with E-state index in [1.165, 1.54) is 19.3 Å². The minimum Gasteiger partial charge on any atom is -0.349 e. The van der Waals surface area contributed by atoms with E-state index in [2.05, 4.69) is 6.92 Å². The Morgan fingerprint density at radius 2 is 2.08 bits per heavy atom. The molecule has 1 fully saturated rings. The van der Waals surface area contributed by atoms with Gasteiger partial charge in [-0.1, -0.05) is 19.8 Å². The molecule has 1 aliphatic carbocycles. The Balaban J connectivity index is 2.35. The number of carbonyl (C=O) groups is 1. The van der Waals surface area contributed by atoms with Crippen molar-refractivity contribution in [1.29, 1.82) is 0 Å². The number of rotatable bonds is 2. The summed E-state index contributed by atoms with van der Waals surface area (Å²) in [5.41, 5.74) is 0. The van der Waals surface area contributed by atoms with Gasteiger partial charge in [0.25, 0.3) is 0 Å². The van der Waals surface area contributed by atoms with Crippen molar-refractivity contribution in [2.24, 2.45) is 11.8 Å². The van der Waals surface area contributed by atoms with Crippen LogP contribution in [0.2, 0.25) is 0 Å². The maximum atomic E-state index is 11.4. The lowest BCUT2D eigenvalue weighted by Crippen LogP contribution is -2.24. The predicted octanol–water partition coefficient (Wildman–Crippen LogP) is 1.90. The van der Waals surface area contributed by atoms with Gasteiger partial charge in [-0.15, -0.1) is 0 Å². The van der Waals surface area contributed by atoms with Crippen LogP contribution >= 0.6 is 0 Å².